The van der Waals surface area contributed by atoms with E-state index in [2.05, 4.69) is 25.9 Å². The molecular weight excluding hydrogens is 332 g/mol. The fourth-order valence-corrected chi connectivity index (χ4v) is 2.51. The average molecular weight is 347 g/mol. The van der Waals surface area contributed by atoms with Crippen molar-refractivity contribution < 1.29 is 13.6 Å². The van der Waals surface area contributed by atoms with Crippen LogP contribution in [0.2, 0.25) is 0 Å². The lowest BCUT2D eigenvalue weighted by Gasteiger charge is -2.14. The largest absolute Gasteiger partial charge is 0.348 e. The van der Waals surface area contributed by atoms with Gasteiger partial charge in [-0.3, -0.25) is 4.79 Å². The van der Waals surface area contributed by atoms with Crippen LogP contribution in [0.25, 0.3) is 5.69 Å². The smallest absolute Gasteiger partial charge is 0.242 e. The molecule has 130 valence electrons. The maximum Gasteiger partial charge on any atom is 0.242 e. The van der Waals surface area contributed by atoms with Crippen LogP contribution < -0.4 is 5.32 Å². The summed E-state index contributed by atoms with van der Waals surface area (Å²) < 4.78 is 29.7. The molecule has 0 aliphatic carbocycles. The van der Waals surface area contributed by atoms with Gasteiger partial charge in [-0.05, 0) is 36.4 Å². The third kappa shape index (κ3) is 3.52. The lowest BCUT2D eigenvalue weighted by atomic mass is 10.1. The van der Waals surface area contributed by atoms with Gasteiger partial charge in [0.2, 0.25) is 5.91 Å². The van der Waals surface area contributed by atoms with Gasteiger partial charge in [0.05, 0.1) is 12.2 Å². The first-order valence-corrected chi connectivity index (χ1v) is 7.46. The minimum absolute atomic E-state index is 0.0168. The van der Waals surface area contributed by atoms with Crippen LogP contribution in [0, 0.1) is 18.6 Å². The molecule has 25 heavy (non-hydrogen) atoms. The van der Waals surface area contributed by atoms with E-state index in [0.29, 0.717) is 11.3 Å². The first-order chi connectivity index (χ1) is 12.0. The normalized spacial score (nSPS) is 12.2. The number of rotatable bonds is 5. The van der Waals surface area contributed by atoms with Crippen molar-refractivity contribution in [1.29, 1.82) is 0 Å². The van der Waals surface area contributed by atoms with Crippen molar-refractivity contribution in [2.24, 2.45) is 0 Å². The quantitative estimate of drug-likeness (QED) is 0.752. The summed E-state index contributed by atoms with van der Waals surface area (Å²) in [5.41, 5.74) is 1.49. The van der Waals surface area contributed by atoms with Gasteiger partial charge in [-0.1, -0.05) is 0 Å². The van der Waals surface area contributed by atoms with Crippen LogP contribution in [0.15, 0.2) is 30.7 Å². The van der Waals surface area contributed by atoms with Crippen LogP contribution in [0.1, 0.15) is 24.2 Å². The molecule has 1 aromatic carbocycles. The molecule has 0 radical (unpaired) electrons. The first kappa shape index (κ1) is 16.7. The van der Waals surface area contributed by atoms with Gasteiger partial charge in [-0.15, -0.1) is 5.10 Å². The summed E-state index contributed by atoms with van der Waals surface area (Å²) in [6.45, 7) is 3.51. The Kier molecular flexibility index (Phi) is 4.50. The van der Waals surface area contributed by atoms with E-state index >= 15 is 0 Å². The van der Waals surface area contributed by atoms with E-state index < -0.39 is 11.6 Å². The van der Waals surface area contributed by atoms with Gasteiger partial charge in [0.25, 0.3) is 0 Å². The Balaban J connectivity index is 1.77. The highest BCUT2D eigenvalue weighted by Crippen LogP contribution is 2.22. The molecule has 0 spiro atoms. The van der Waals surface area contributed by atoms with Crippen LogP contribution >= 0.6 is 0 Å². The van der Waals surface area contributed by atoms with Crippen LogP contribution in [-0.2, 0) is 11.3 Å². The van der Waals surface area contributed by atoms with Crippen molar-refractivity contribution in [3.63, 3.8) is 0 Å². The summed E-state index contributed by atoms with van der Waals surface area (Å²) in [5, 5.41) is 17.5. The second-order valence-corrected chi connectivity index (χ2v) is 5.49. The molecule has 0 saturated carbocycles. The van der Waals surface area contributed by atoms with Crippen LogP contribution in [0.4, 0.5) is 8.78 Å². The predicted molar refractivity (Wildman–Crippen MR) is 82.6 cm³/mol. The molecule has 3 aromatic rings. The molecule has 0 saturated heterocycles. The highest BCUT2D eigenvalue weighted by Gasteiger charge is 2.18. The fourth-order valence-electron chi connectivity index (χ4n) is 2.51. The monoisotopic (exact) mass is 347 g/mol. The summed E-state index contributed by atoms with van der Waals surface area (Å²) >= 11 is 0. The SMILES string of the molecule is Cc1c([C@@H](C)NC(=O)Cn2cnnn2)cnn1-c1ccc(F)cc1F. The second kappa shape index (κ2) is 6.75. The van der Waals surface area contributed by atoms with Gasteiger partial charge in [0.15, 0.2) is 5.82 Å². The summed E-state index contributed by atoms with van der Waals surface area (Å²) in [6, 6.07) is 2.92. The molecule has 2 aromatic heterocycles. The van der Waals surface area contributed by atoms with E-state index in [1.54, 1.807) is 20.0 Å². The van der Waals surface area contributed by atoms with Crippen molar-refractivity contribution in [3.05, 3.63) is 53.6 Å². The van der Waals surface area contributed by atoms with Gasteiger partial charge < -0.3 is 5.32 Å². The molecule has 1 atom stereocenters. The lowest BCUT2D eigenvalue weighted by molar-refractivity contribution is -0.122. The number of hydrogen-bond acceptors (Lipinski definition) is 5. The summed E-state index contributed by atoms with van der Waals surface area (Å²) in [4.78, 5) is 12.0. The van der Waals surface area contributed by atoms with E-state index in [-0.39, 0.29) is 24.2 Å². The number of nitrogens with zero attached hydrogens (tertiary/aromatic N) is 6. The van der Waals surface area contributed by atoms with E-state index in [9.17, 15) is 13.6 Å². The van der Waals surface area contributed by atoms with Crippen LogP contribution in [0.5, 0.6) is 0 Å². The number of amides is 1. The predicted octanol–water partition coefficient (Wildman–Crippen LogP) is 1.32. The highest BCUT2D eigenvalue weighted by molar-refractivity contribution is 5.76. The van der Waals surface area contributed by atoms with Gasteiger partial charge in [0, 0.05) is 17.3 Å². The molecule has 0 fully saturated rings. The third-order valence-corrected chi connectivity index (χ3v) is 3.73. The van der Waals surface area contributed by atoms with E-state index in [1.165, 1.54) is 21.8 Å². The maximum absolute atomic E-state index is 14.0. The number of hydrogen-bond donors (Lipinski definition) is 1. The first-order valence-electron chi connectivity index (χ1n) is 7.46. The van der Waals surface area contributed by atoms with Gasteiger partial charge in [-0.2, -0.15) is 5.10 Å². The van der Waals surface area contributed by atoms with Crippen molar-refractivity contribution >= 4 is 5.91 Å². The Morgan fingerprint density at radius 1 is 1.36 bits per heavy atom. The molecule has 8 nitrogen and oxygen atoms in total. The maximum atomic E-state index is 14.0. The minimum atomic E-state index is -0.715. The number of halogens is 2. The van der Waals surface area contributed by atoms with E-state index in [0.717, 1.165) is 12.1 Å². The van der Waals surface area contributed by atoms with Crippen molar-refractivity contribution in [3.8, 4) is 5.69 Å². The van der Waals surface area contributed by atoms with Crippen molar-refractivity contribution in [1.82, 2.24) is 35.3 Å². The number of aromatic nitrogens is 6. The Labute approximate surface area is 141 Å². The molecule has 1 N–H and O–H groups in total. The third-order valence-electron chi connectivity index (χ3n) is 3.73. The second-order valence-electron chi connectivity index (χ2n) is 5.49. The zero-order valence-corrected chi connectivity index (χ0v) is 13.5. The molecule has 3 rings (SSSR count). The molecule has 0 bridgehead atoms. The van der Waals surface area contributed by atoms with Gasteiger partial charge >= 0.3 is 0 Å². The Hall–Kier alpha value is -3.17. The van der Waals surface area contributed by atoms with Gasteiger partial charge in [-0.25, -0.2) is 18.1 Å². The number of tetrazole rings is 1. The van der Waals surface area contributed by atoms with E-state index in [1.807, 2.05) is 0 Å². The Bertz CT molecular complexity index is 891. The summed E-state index contributed by atoms with van der Waals surface area (Å²) in [7, 11) is 0. The summed E-state index contributed by atoms with van der Waals surface area (Å²) in [6.07, 6.45) is 2.88. The molecule has 1 amide bonds. The van der Waals surface area contributed by atoms with E-state index in [4.69, 9.17) is 0 Å². The number of carbonyl (C=O) groups excluding carboxylic acids is 1. The number of benzene rings is 1. The molecule has 2 heterocycles. The highest BCUT2D eigenvalue weighted by atomic mass is 19.1. The number of carbonyl (C=O) groups is 1. The van der Waals surface area contributed by atoms with Gasteiger partial charge in [0.1, 0.15) is 24.4 Å². The van der Waals surface area contributed by atoms with Crippen molar-refractivity contribution in [2.75, 3.05) is 0 Å². The Morgan fingerprint density at radius 2 is 2.16 bits per heavy atom. The molecular formula is C15H15F2N7O. The van der Waals surface area contributed by atoms with Crippen LogP contribution in [-0.4, -0.2) is 35.9 Å². The molecule has 0 aliphatic heterocycles. The van der Waals surface area contributed by atoms with Crippen LogP contribution in [0.3, 0.4) is 0 Å². The summed E-state index contributed by atoms with van der Waals surface area (Å²) in [5.74, 6) is -1.65. The lowest BCUT2D eigenvalue weighted by Crippen LogP contribution is -2.30. The zero-order chi connectivity index (χ0) is 18.0. The standard InChI is InChI=1S/C15H15F2N7O/c1-9(20-15(25)7-23-8-18-21-22-23)12-6-19-24(10(12)2)14-4-3-11(16)5-13(14)17/h3-6,8-9H,7H2,1-2H3,(H,20,25)/t9-/m1/s1. The molecule has 0 aliphatic rings. The van der Waals surface area contributed by atoms with Crippen molar-refractivity contribution in [2.45, 2.75) is 26.4 Å². The fraction of sp³-hybridized carbons (Fsp3) is 0.267. The molecule has 10 heteroatoms. The Morgan fingerprint density at radius 3 is 2.84 bits per heavy atom. The zero-order valence-electron chi connectivity index (χ0n) is 13.5. The minimum Gasteiger partial charge on any atom is -0.348 e. The number of nitrogens with one attached hydrogen (secondary N) is 1. The topological polar surface area (TPSA) is 90.5 Å². The molecule has 0 unspecified atom stereocenters. The average Bonchev–Trinajstić information content (AvgIpc) is 3.17.